The standard InChI is InChI=1S/C34H50O3/c1-6-7-15-27(2)16-13-11-9-8-10-12-14-17-32-31-23-22-30(37-26-35-5)24-33(31)36-25-34(32,4)29-20-18-28(3)19-21-29/h15,18-24,32H,6-14,16-17,25-26H2,1-5H3/t32-,34-/m1/s1. The van der Waals surface area contributed by atoms with Crippen LogP contribution in [-0.4, -0.2) is 20.5 Å². The van der Waals surface area contributed by atoms with Crippen LogP contribution in [0.4, 0.5) is 0 Å². The van der Waals surface area contributed by atoms with E-state index in [1.54, 1.807) is 12.7 Å². The van der Waals surface area contributed by atoms with E-state index < -0.39 is 0 Å². The summed E-state index contributed by atoms with van der Waals surface area (Å²) in [7, 11) is 1.64. The number of aryl methyl sites for hydroxylation is 1. The van der Waals surface area contributed by atoms with Crippen LogP contribution in [0.1, 0.15) is 114 Å². The number of methoxy groups -OCH3 is 1. The summed E-state index contributed by atoms with van der Waals surface area (Å²) in [6, 6.07) is 15.4. The quantitative estimate of drug-likeness (QED) is 0.129. The van der Waals surface area contributed by atoms with Crippen molar-refractivity contribution in [3.8, 4) is 11.5 Å². The number of allylic oxidation sites excluding steroid dienone is 2. The molecule has 0 saturated carbocycles. The molecular formula is C34H50O3. The Labute approximate surface area is 226 Å². The van der Waals surface area contributed by atoms with Crippen molar-refractivity contribution in [1.82, 2.24) is 0 Å². The summed E-state index contributed by atoms with van der Waals surface area (Å²) in [6.07, 6.45) is 16.7. The highest BCUT2D eigenvalue weighted by Crippen LogP contribution is 2.49. The monoisotopic (exact) mass is 506 g/mol. The van der Waals surface area contributed by atoms with Crippen molar-refractivity contribution in [1.29, 1.82) is 0 Å². The smallest absolute Gasteiger partial charge is 0.188 e. The topological polar surface area (TPSA) is 27.7 Å². The highest BCUT2D eigenvalue weighted by Gasteiger charge is 2.42. The highest BCUT2D eigenvalue weighted by molar-refractivity contribution is 5.48. The molecule has 37 heavy (non-hydrogen) atoms. The first kappa shape index (κ1) is 29.3. The molecule has 2 atom stereocenters. The number of rotatable bonds is 16. The molecule has 0 bridgehead atoms. The van der Waals surface area contributed by atoms with E-state index in [1.807, 2.05) is 6.07 Å². The van der Waals surface area contributed by atoms with Crippen LogP contribution in [-0.2, 0) is 10.2 Å². The van der Waals surface area contributed by atoms with Crippen molar-refractivity contribution >= 4 is 0 Å². The van der Waals surface area contributed by atoms with Crippen molar-refractivity contribution in [2.75, 3.05) is 20.5 Å². The molecule has 204 valence electrons. The normalized spacial score (nSPS) is 19.4. The van der Waals surface area contributed by atoms with Crippen molar-refractivity contribution in [3.05, 3.63) is 70.8 Å². The predicted molar refractivity (Wildman–Crippen MR) is 156 cm³/mol. The first-order valence-corrected chi connectivity index (χ1v) is 14.6. The third kappa shape index (κ3) is 8.64. The molecule has 0 unspecified atom stereocenters. The van der Waals surface area contributed by atoms with Gasteiger partial charge >= 0.3 is 0 Å². The average Bonchev–Trinajstić information content (AvgIpc) is 2.91. The van der Waals surface area contributed by atoms with E-state index in [4.69, 9.17) is 14.2 Å². The largest absolute Gasteiger partial charge is 0.492 e. The van der Waals surface area contributed by atoms with Gasteiger partial charge in [0.25, 0.3) is 0 Å². The van der Waals surface area contributed by atoms with Gasteiger partial charge in [0, 0.05) is 24.5 Å². The van der Waals surface area contributed by atoms with Crippen molar-refractivity contribution in [2.24, 2.45) is 0 Å². The van der Waals surface area contributed by atoms with Gasteiger partial charge in [0.2, 0.25) is 0 Å². The van der Waals surface area contributed by atoms with E-state index in [1.165, 1.54) is 87.3 Å². The van der Waals surface area contributed by atoms with Crippen LogP contribution >= 0.6 is 0 Å². The Kier molecular flexibility index (Phi) is 12.1. The molecule has 0 radical (unpaired) electrons. The van der Waals surface area contributed by atoms with Crippen LogP contribution in [0.15, 0.2) is 54.1 Å². The molecule has 1 aliphatic heterocycles. The van der Waals surface area contributed by atoms with E-state index in [2.05, 4.69) is 70.2 Å². The van der Waals surface area contributed by atoms with Gasteiger partial charge in [-0.3, -0.25) is 0 Å². The molecule has 0 amide bonds. The summed E-state index contributed by atoms with van der Waals surface area (Å²) in [5.41, 5.74) is 5.52. The van der Waals surface area contributed by atoms with Crippen LogP contribution in [0.25, 0.3) is 0 Å². The van der Waals surface area contributed by atoms with Gasteiger partial charge in [-0.25, -0.2) is 0 Å². The number of benzene rings is 2. The second kappa shape index (κ2) is 15.2. The Hall–Kier alpha value is -2.26. The summed E-state index contributed by atoms with van der Waals surface area (Å²) in [4.78, 5) is 0. The van der Waals surface area contributed by atoms with E-state index in [0.29, 0.717) is 12.5 Å². The zero-order chi connectivity index (χ0) is 26.5. The van der Waals surface area contributed by atoms with Gasteiger partial charge in [-0.15, -0.1) is 0 Å². The number of hydrogen-bond acceptors (Lipinski definition) is 3. The van der Waals surface area contributed by atoms with Crippen LogP contribution in [0.3, 0.4) is 0 Å². The van der Waals surface area contributed by atoms with Crippen molar-refractivity contribution in [3.63, 3.8) is 0 Å². The number of fused-ring (bicyclic) bond motifs is 1. The van der Waals surface area contributed by atoms with Gasteiger partial charge in [0.15, 0.2) is 6.79 Å². The van der Waals surface area contributed by atoms with Crippen LogP contribution in [0, 0.1) is 6.92 Å². The number of unbranched alkanes of at least 4 members (excludes halogenated alkanes) is 7. The van der Waals surface area contributed by atoms with E-state index in [9.17, 15) is 0 Å². The second-order valence-corrected chi connectivity index (χ2v) is 11.2. The number of hydrogen-bond donors (Lipinski definition) is 0. The minimum atomic E-state index is -0.0429. The first-order chi connectivity index (χ1) is 18.0. The van der Waals surface area contributed by atoms with Gasteiger partial charge in [0.1, 0.15) is 11.5 Å². The molecule has 0 aliphatic carbocycles. The summed E-state index contributed by atoms with van der Waals surface area (Å²) < 4.78 is 17.1. The maximum Gasteiger partial charge on any atom is 0.188 e. The summed E-state index contributed by atoms with van der Waals surface area (Å²) in [6.45, 7) is 10.0. The second-order valence-electron chi connectivity index (χ2n) is 11.2. The molecule has 0 spiro atoms. The van der Waals surface area contributed by atoms with Crippen molar-refractivity contribution < 1.29 is 14.2 Å². The maximum absolute atomic E-state index is 6.37. The lowest BCUT2D eigenvalue weighted by molar-refractivity contribution is 0.0506. The summed E-state index contributed by atoms with van der Waals surface area (Å²) >= 11 is 0. The summed E-state index contributed by atoms with van der Waals surface area (Å²) in [5, 5.41) is 0. The Morgan fingerprint density at radius 1 is 1.00 bits per heavy atom. The van der Waals surface area contributed by atoms with Crippen LogP contribution in [0.5, 0.6) is 11.5 Å². The molecule has 0 aromatic heterocycles. The lowest BCUT2D eigenvalue weighted by atomic mass is 9.66. The third-order valence-electron chi connectivity index (χ3n) is 8.06. The zero-order valence-corrected chi connectivity index (χ0v) is 24.1. The minimum absolute atomic E-state index is 0.0429. The zero-order valence-electron chi connectivity index (χ0n) is 24.1. The molecule has 3 heteroatoms. The molecular weight excluding hydrogens is 456 g/mol. The molecule has 0 fully saturated rings. The molecule has 3 nitrogen and oxygen atoms in total. The lowest BCUT2D eigenvalue weighted by Crippen LogP contribution is -2.40. The van der Waals surface area contributed by atoms with Gasteiger partial charge in [0.05, 0.1) is 6.61 Å². The fourth-order valence-corrected chi connectivity index (χ4v) is 5.64. The number of ether oxygens (including phenoxy) is 3. The van der Waals surface area contributed by atoms with E-state index in [0.717, 1.165) is 11.5 Å². The fraction of sp³-hybridized carbons (Fsp3) is 0.588. The summed E-state index contributed by atoms with van der Waals surface area (Å²) in [5.74, 6) is 2.19. The molecule has 1 heterocycles. The fourth-order valence-electron chi connectivity index (χ4n) is 5.64. The van der Waals surface area contributed by atoms with Gasteiger partial charge in [-0.05, 0) is 56.7 Å². The minimum Gasteiger partial charge on any atom is -0.492 e. The highest BCUT2D eigenvalue weighted by atomic mass is 16.7. The molecule has 0 saturated heterocycles. The van der Waals surface area contributed by atoms with Gasteiger partial charge in [-0.1, -0.05) is 106 Å². The first-order valence-electron chi connectivity index (χ1n) is 14.6. The maximum atomic E-state index is 6.37. The Bertz CT molecular complexity index is 962. The third-order valence-corrected chi connectivity index (χ3v) is 8.06. The molecule has 3 rings (SSSR count). The molecule has 2 aromatic carbocycles. The van der Waals surface area contributed by atoms with Gasteiger partial charge in [-0.2, -0.15) is 0 Å². The molecule has 1 aliphatic rings. The Morgan fingerprint density at radius 3 is 2.41 bits per heavy atom. The lowest BCUT2D eigenvalue weighted by Gasteiger charge is -2.43. The van der Waals surface area contributed by atoms with E-state index >= 15 is 0 Å². The van der Waals surface area contributed by atoms with Gasteiger partial charge < -0.3 is 14.2 Å². The Balaban J connectivity index is 1.56. The molecule has 2 aromatic rings. The SMILES string of the molecule is CCCC=C(C)CCCCCCCCC[C@@H]1c2ccc(OCOC)cc2OC[C@]1(C)c1ccc(C)cc1. The average molecular weight is 507 g/mol. The van der Waals surface area contributed by atoms with Crippen molar-refractivity contribution in [2.45, 2.75) is 110 Å². The molecule has 0 N–H and O–H groups in total. The Morgan fingerprint density at radius 2 is 1.70 bits per heavy atom. The van der Waals surface area contributed by atoms with E-state index in [-0.39, 0.29) is 12.2 Å². The van der Waals surface area contributed by atoms with Crippen LogP contribution in [0.2, 0.25) is 0 Å². The predicted octanol–water partition coefficient (Wildman–Crippen LogP) is 9.67. The van der Waals surface area contributed by atoms with Crippen LogP contribution < -0.4 is 9.47 Å².